The highest BCUT2D eigenvalue weighted by Crippen LogP contribution is 2.13. The van der Waals surface area contributed by atoms with E-state index in [4.69, 9.17) is 9.47 Å². The zero-order chi connectivity index (χ0) is 14.8. The van der Waals surface area contributed by atoms with Gasteiger partial charge in [0.2, 0.25) is 0 Å². The van der Waals surface area contributed by atoms with Gasteiger partial charge in [-0.1, -0.05) is 30.3 Å². The van der Waals surface area contributed by atoms with Crippen molar-refractivity contribution in [2.24, 2.45) is 0 Å². The van der Waals surface area contributed by atoms with E-state index >= 15 is 0 Å². The van der Waals surface area contributed by atoms with Crippen molar-refractivity contribution in [3.63, 3.8) is 0 Å². The largest absolute Gasteiger partial charge is 0.497 e. The number of hydrogen-bond acceptors (Lipinski definition) is 4. The van der Waals surface area contributed by atoms with Crippen molar-refractivity contribution < 1.29 is 9.47 Å². The Morgan fingerprint density at radius 2 is 1.71 bits per heavy atom. The lowest BCUT2D eigenvalue weighted by atomic mass is 10.1. The summed E-state index contributed by atoms with van der Waals surface area (Å²) in [6.07, 6.45) is 0.926. The van der Waals surface area contributed by atoms with Crippen LogP contribution in [0.5, 0.6) is 5.75 Å². The summed E-state index contributed by atoms with van der Waals surface area (Å²) in [5, 5.41) is 0. The van der Waals surface area contributed by atoms with Gasteiger partial charge in [-0.05, 0) is 48.2 Å². The average Bonchev–Trinajstić information content (AvgIpc) is 2.55. The Hall–Kier alpha value is -1.49. The predicted molar refractivity (Wildman–Crippen MR) is 87.8 cm³/mol. The monoisotopic (exact) mass is 303 g/mol. The quantitative estimate of drug-likeness (QED) is 0.567. The fourth-order valence-corrected chi connectivity index (χ4v) is 2.47. The van der Waals surface area contributed by atoms with E-state index in [0.29, 0.717) is 0 Å². The lowest BCUT2D eigenvalue weighted by Gasteiger charge is -2.06. The molecule has 21 heavy (non-hydrogen) atoms. The number of ether oxygens (including phenoxy) is 2. The van der Waals surface area contributed by atoms with Gasteiger partial charge >= 0.3 is 0 Å². The molecule has 0 fully saturated rings. The van der Waals surface area contributed by atoms with Crippen LogP contribution in [0, 0.1) is 0 Å². The zero-order valence-electron chi connectivity index (χ0n) is 12.2. The molecule has 0 saturated carbocycles. The molecule has 2 aromatic carbocycles. The van der Waals surface area contributed by atoms with E-state index < -0.39 is 0 Å². The molecule has 0 aromatic heterocycles. The van der Waals surface area contributed by atoms with Crippen LogP contribution in [0.25, 0.3) is 0 Å². The molecule has 2 rings (SSSR count). The molecule has 1 N–H and O–H groups in total. The molecule has 0 spiro atoms. The molecule has 112 valence electrons. The molecular formula is C17H21NO2S. The maximum absolute atomic E-state index is 5.63. The van der Waals surface area contributed by atoms with Crippen molar-refractivity contribution in [3.8, 4) is 5.75 Å². The first kappa shape index (κ1) is 15.9. The molecule has 0 unspecified atom stereocenters. The Morgan fingerprint density at radius 1 is 0.952 bits per heavy atom. The van der Waals surface area contributed by atoms with Crippen LogP contribution in [0.1, 0.15) is 5.56 Å². The van der Waals surface area contributed by atoms with Gasteiger partial charge in [-0.2, -0.15) is 0 Å². The molecule has 0 aliphatic carbocycles. The molecule has 0 aliphatic heterocycles. The fraction of sp³-hybridized carbons (Fsp3) is 0.294. The van der Waals surface area contributed by atoms with E-state index in [1.807, 2.05) is 30.3 Å². The smallest absolute Gasteiger partial charge is 0.118 e. The Morgan fingerprint density at radius 3 is 2.43 bits per heavy atom. The number of methoxy groups -OCH3 is 1. The van der Waals surface area contributed by atoms with Crippen LogP contribution in [-0.4, -0.2) is 26.9 Å². The Kier molecular flexibility index (Phi) is 7.15. The van der Waals surface area contributed by atoms with Crippen molar-refractivity contribution in [2.45, 2.75) is 11.3 Å². The van der Waals surface area contributed by atoms with Crippen LogP contribution in [0.3, 0.4) is 0 Å². The normalized spacial score (nSPS) is 10.5. The van der Waals surface area contributed by atoms with Crippen LogP contribution < -0.4 is 9.46 Å². The zero-order valence-corrected chi connectivity index (χ0v) is 13.1. The minimum absolute atomic E-state index is 0.718. The first-order valence-electron chi connectivity index (χ1n) is 7.04. The molecule has 0 amide bonds. The summed E-state index contributed by atoms with van der Waals surface area (Å²) in [4.78, 5) is 1.22. The van der Waals surface area contributed by atoms with Gasteiger partial charge in [-0.25, -0.2) is 0 Å². The summed E-state index contributed by atoms with van der Waals surface area (Å²) in [5.41, 5.74) is 1.27. The van der Waals surface area contributed by atoms with Crippen LogP contribution in [0.2, 0.25) is 0 Å². The van der Waals surface area contributed by atoms with E-state index in [1.165, 1.54) is 10.5 Å². The Labute approximate surface area is 130 Å². The van der Waals surface area contributed by atoms with Crippen molar-refractivity contribution in [1.29, 1.82) is 0 Å². The van der Waals surface area contributed by atoms with E-state index in [0.717, 1.165) is 31.9 Å². The summed E-state index contributed by atoms with van der Waals surface area (Å²) < 4.78 is 14.0. The van der Waals surface area contributed by atoms with Crippen LogP contribution in [0.15, 0.2) is 59.5 Å². The second-order valence-electron chi connectivity index (χ2n) is 4.52. The Balaban J connectivity index is 1.51. The molecule has 0 radical (unpaired) electrons. The number of benzene rings is 2. The number of hydrogen-bond donors (Lipinski definition) is 1. The highest BCUT2D eigenvalue weighted by atomic mass is 32.2. The highest BCUT2D eigenvalue weighted by Gasteiger charge is 1.96. The van der Waals surface area contributed by atoms with Crippen molar-refractivity contribution >= 4 is 11.9 Å². The first-order valence-corrected chi connectivity index (χ1v) is 7.85. The maximum Gasteiger partial charge on any atom is 0.118 e. The van der Waals surface area contributed by atoms with Gasteiger partial charge < -0.3 is 9.47 Å². The molecule has 0 bridgehead atoms. The van der Waals surface area contributed by atoms with Gasteiger partial charge in [0.1, 0.15) is 5.75 Å². The third kappa shape index (κ3) is 6.21. The molecule has 0 heterocycles. The minimum Gasteiger partial charge on any atom is -0.497 e. The topological polar surface area (TPSA) is 30.5 Å². The van der Waals surface area contributed by atoms with Crippen LogP contribution >= 0.6 is 11.9 Å². The van der Waals surface area contributed by atoms with Crippen LogP contribution in [-0.2, 0) is 11.2 Å². The van der Waals surface area contributed by atoms with Gasteiger partial charge in [-0.3, -0.25) is 4.72 Å². The lowest BCUT2D eigenvalue weighted by Crippen LogP contribution is -2.13. The average molecular weight is 303 g/mol. The molecule has 4 heteroatoms. The van der Waals surface area contributed by atoms with Crippen LogP contribution in [0.4, 0.5) is 0 Å². The third-order valence-corrected chi connectivity index (χ3v) is 3.83. The van der Waals surface area contributed by atoms with E-state index in [2.05, 4.69) is 29.0 Å². The minimum atomic E-state index is 0.718. The summed E-state index contributed by atoms with van der Waals surface area (Å²) in [6.45, 7) is 2.29. The third-order valence-electron chi connectivity index (χ3n) is 2.98. The van der Waals surface area contributed by atoms with E-state index in [-0.39, 0.29) is 0 Å². The Bertz CT molecular complexity index is 502. The van der Waals surface area contributed by atoms with Gasteiger partial charge in [0, 0.05) is 11.4 Å². The number of rotatable bonds is 9. The van der Waals surface area contributed by atoms with E-state index in [1.54, 1.807) is 19.1 Å². The maximum atomic E-state index is 5.63. The van der Waals surface area contributed by atoms with E-state index in [9.17, 15) is 0 Å². The molecule has 0 saturated heterocycles. The standard InChI is InChI=1S/C17H21NO2S/c1-19-16-9-7-15(8-10-16)11-13-20-14-12-18-21-17-5-3-2-4-6-17/h2-10,18H,11-14H2,1H3. The summed E-state index contributed by atoms with van der Waals surface area (Å²) in [6, 6.07) is 18.4. The molecule has 0 atom stereocenters. The number of nitrogens with one attached hydrogen (secondary N) is 1. The molecule has 0 aliphatic rings. The van der Waals surface area contributed by atoms with Crippen molar-refractivity contribution in [2.75, 3.05) is 26.9 Å². The summed E-state index contributed by atoms with van der Waals surface area (Å²) >= 11 is 1.64. The molecule has 2 aromatic rings. The van der Waals surface area contributed by atoms with Gasteiger partial charge in [-0.15, -0.1) is 0 Å². The summed E-state index contributed by atoms with van der Waals surface area (Å²) in [7, 11) is 1.68. The molecule has 3 nitrogen and oxygen atoms in total. The first-order chi connectivity index (χ1) is 10.4. The second kappa shape index (κ2) is 9.45. The summed E-state index contributed by atoms with van der Waals surface area (Å²) in [5.74, 6) is 0.891. The second-order valence-corrected chi connectivity index (χ2v) is 5.48. The predicted octanol–water partition coefficient (Wildman–Crippen LogP) is 3.55. The van der Waals surface area contributed by atoms with Gasteiger partial charge in [0.05, 0.1) is 20.3 Å². The van der Waals surface area contributed by atoms with Crippen molar-refractivity contribution in [1.82, 2.24) is 4.72 Å². The highest BCUT2D eigenvalue weighted by molar-refractivity contribution is 7.97. The van der Waals surface area contributed by atoms with Crippen molar-refractivity contribution in [3.05, 3.63) is 60.2 Å². The fourth-order valence-electron chi connectivity index (χ4n) is 1.82. The van der Waals surface area contributed by atoms with Gasteiger partial charge in [0.15, 0.2) is 0 Å². The molecular weight excluding hydrogens is 282 g/mol. The SMILES string of the molecule is COc1ccc(CCOCCNSc2ccccc2)cc1. The lowest BCUT2D eigenvalue weighted by molar-refractivity contribution is 0.143. The van der Waals surface area contributed by atoms with Gasteiger partial charge in [0.25, 0.3) is 0 Å².